The number of anilines is 1. The van der Waals surface area contributed by atoms with Gasteiger partial charge in [-0.15, -0.1) is 0 Å². The fourth-order valence-electron chi connectivity index (χ4n) is 6.56. The van der Waals surface area contributed by atoms with Crippen LogP contribution in [-0.4, -0.2) is 91.7 Å². The Bertz CT molecular complexity index is 1420. The fraction of sp³-hybridized carbons (Fsp3) is 0.500. The molecule has 0 spiro atoms. The van der Waals surface area contributed by atoms with Crippen LogP contribution < -0.4 is 16.8 Å². The summed E-state index contributed by atoms with van der Waals surface area (Å²) in [7, 11) is 2.87. The molecule has 4 rings (SSSR count). The number of hydrogen-bond acceptors (Lipinski definition) is 11. The molecule has 13 nitrogen and oxygen atoms in total. The molecule has 41 heavy (non-hydrogen) atoms. The highest BCUT2D eigenvalue weighted by Crippen LogP contribution is 2.56. The minimum Gasteiger partial charge on any atom is -0.508 e. The quantitative estimate of drug-likeness (QED) is 0.164. The number of primary amides is 1. The number of ketones is 2. The highest BCUT2D eigenvalue weighted by molar-refractivity contribution is 6.24. The summed E-state index contributed by atoms with van der Waals surface area (Å²) in [6, 6.07) is 0.591. The van der Waals surface area contributed by atoms with Gasteiger partial charge in [0.2, 0.25) is 11.7 Å². The van der Waals surface area contributed by atoms with Gasteiger partial charge in [0.15, 0.2) is 11.4 Å². The van der Waals surface area contributed by atoms with E-state index in [4.69, 9.17) is 11.5 Å². The van der Waals surface area contributed by atoms with Gasteiger partial charge in [-0.2, -0.15) is 0 Å². The van der Waals surface area contributed by atoms with E-state index in [1.807, 2.05) is 13.8 Å². The average molecular weight is 573 g/mol. The van der Waals surface area contributed by atoms with Crippen molar-refractivity contribution in [2.75, 3.05) is 19.4 Å². The van der Waals surface area contributed by atoms with Crippen LogP contribution in [0.25, 0.3) is 5.76 Å². The summed E-state index contributed by atoms with van der Waals surface area (Å²) in [6.07, 6.45) is -1.32. The third kappa shape index (κ3) is 4.31. The lowest BCUT2D eigenvalue weighted by Gasteiger charge is -2.53. The maximum atomic E-state index is 14.0. The molecule has 1 aromatic rings. The number of nitrogens with one attached hydrogen (secondary N) is 1. The molecule has 0 aromatic heterocycles. The molecule has 0 aliphatic heterocycles. The second kappa shape index (κ2) is 10.2. The van der Waals surface area contributed by atoms with Gasteiger partial charge in [-0.25, -0.2) is 0 Å². The predicted molar refractivity (Wildman–Crippen MR) is 146 cm³/mol. The maximum Gasteiger partial charge on any atom is 0.255 e. The standard InChI is InChI=1S/C28H36N4O9/c1-9(2)8-12(29)27(40)31-13-7-6-11-10(3)14-16(21(34)15(11)20(13)33)24(37)28(41)18(22(14)35)19(32(4)5)23(36)17(25(28)38)26(30)39/h6-7,9-10,12,14,18-19,22,33-35,38,41H,8,29H2,1-5H3,(H2,30,39)(H,31,40)/t10-,12+,14?,18?,19-,22-,28-/m0/s1. The number of aliphatic hydroxyl groups excluding tert-OH is 3. The van der Waals surface area contributed by atoms with E-state index in [0.717, 1.165) is 0 Å². The number of likely N-dealkylation sites (N-methyl/N-ethyl adjacent to an activating group) is 1. The Morgan fingerprint density at radius 1 is 1.15 bits per heavy atom. The molecular formula is C28H36N4O9. The van der Waals surface area contributed by atoms with Gasteiger partial charge in [-0.05, 0) is 44.0 Å². The SMILES string of the molecule is CC(C)C[C@@H](N)C(=O)Nc1ccc2c(c1O)C(O)=C1C(=O)[C@]3(O)C(O)=C(C(N)=O)C(=O)[C@@H](N(C)C)C3[C@@H](O)C1[C@H]2C. The van der Waals surface area contributed by atoms with E-state index in [-0.39, 0.29) is 17.2 Å². The summed E-state index contributed by atoms with van der Waals surface area (Å²) in [5.74, 6) is -10.4. The molecule has 10 N–H and O–H groups in total. The summed E-state index contributed by atoms with van der Waals surface area (Å²) < 4.78 is 0. The zero-order valence-corrected chi connectivity index (χ0v) is 23.4. The van der Waals surface area contributed by atoms with Crippen molar-refractivity contribution in [1.82, 2.24) is 4.90 Å². The van der Waals surface area contributed by atoms with Crippen molar-refractivity contribution in [3.8, 4) is 5.75 Å². The van der Waals surface area contributed by atoms with Gasteiger partial charge in [0.1, 0.15) is 22.8 Å². The smallest absolute Gasteiger partial charge is 0.255 e. The number of amides is 2. The van der Waals surface area contributed by atoms with Gasteiger partial charge in [-0.1, -0.05) is 26.8 Å². The van der Waals surface area contributed by atoms with Gasteiger partial charge in [-0.3, -0.25) is 24.1 Å². The molecule has 2 unspecified atom stereocenters. The number of phenols is 1. The molecule has 0 bridgehead atoms. The van der Waals surface area contributed by atoms with E-state index >= 15 is 0 Å². The summed E-state index contributed by atoms with van der Waals surface area (Å²) in [6.45, 7) is 5.40. The summed E-state index contributed by atoms with van der Waals surface area (Å²) >= 11 is 0. The van der Waals surface area contributed by atoms with E-state index in [9.17, 15) is 44.7 Å². The number of rotatable bonds is 6. The molecule has 0 saturated heterocycles. The van der Waals surface area contributed by atoms with E-state index in [2.05, 4.69) is 5.32 Å². The lowest BCUT2D eigenvalue weighted by Crippen LogP contribution is -2.70. The van der Waals surface area contributed by atoms with Crippen molar-refractivity contribution in [2.45, 2.75) is 56.9 Å². The topological polar surface area (TPSA) is 237 Å². The Morgan fingerprint density at radius 3 is 2.29 bits per heavy atom. The molecular weight excluding hydrogens is 536 g/mol. The number of phenolic OH excluding ortho intramolecular Hbond substituents is 1. The van der Waals surface area contributed by atoms with Crippen LogP contribution >= 0.6 is 0 Å². The van der Waals surface area contributed by atoms with Crippen LogP contribution in [-0.2, 0) is 19.2 Å². The van der Waals surface area contributed by atoms with Crippen molar-refractivity contribution < 1.29 is 44.7 Å². The van der Waals surface area contributed by atoms with E-state index < -0.39 is 93.3 Å². The molecule has 1 aromatic carbocycles. The van der Waals surface area contributed by atoms with Crippen molar-refractivity contribution in [2.24, 2.45) is 29.2 Å². The first-order valence-electron chi connectivity index (χ1n) is 13.2. The van der Waals surface area contributed by atoms with Crippen molar-refractivity contribution in [3.63, 3.8) is 0 Å². The Hall–Kier alpha value is -3.78. The second-order valence-electron chi connectivity index (χ2n) is 11.7. The molecule has 0 heterocycles. The minimum absolute atomic E-state index is 0.0964. The second-order valence-corrected chi connectivity index (χ2v) is 11.7. The van der Waals surface area contributed by atoms with Gasteiger partial charge >= 0.3 is 0 Å². The lowest BCUT2D eigenvalue weighted by molar-refractivity contribution is -0.169. The van der Waals surface area contributed by atoms with Crippen molar-refractivity contribution in [1.29, 1.82) is 0 Å². The first-order valence-corrected chi connectivity index (χ1v) is 13.2. The van der Waals surface area contributed by atoms with Crippen LogP contribution in [0, 0.1) is 17.8 Å². The number of nitrogens with two attached hydrogens (primary N) is 2. The Balaban J connectivity index is 1.91. The number of benzene rings is 1. The lowest BCUT2D eigenvalue weighted by atomic mass is 9.54. The van der Waals surface area contributed by atoms with Crippen LogP contribution in [0.1, 0.15) is 44.2 Å². The molecule has 3 aliphatic carbocycles. The number of carbonyl (C=O) groups excluding carboxylic acids is 4. The number of hydrogen-bond donors (Lipinski definition) is 8. The molecule has 1 fully saturated rings. The number of carbonyl (C=O) groups is 4. The largest absolute Gasteiger partial charge is 0.508 e. The van der Waals surface area contributed by atoms with Crippen molar-refractivity contribution >= 4 is 34.8 Å². The van der Waals surface area contributed by atoms with Gasteiger partial charge in [0, 0.05) is 11.5 Å². The zero-order chi connectivity index (χ0) is 30.9. The Morgan fingerprint density at radius 2 is 1.76 bits per heavy atom. The van der Waals surface area contributed by atoms with E-state index in [1.165, 1.54) is 31.1 Å². The van der Waals surface area contributed by atoms with Crippen LogP contribution in [0.5, 0.6) is 5.75 Å². The number of Topliss-reactive ketones (excluding diaryl/α,β-unsaturated/α-hetero) is 2. The maximum absolute atomic E-state index is 14.0. The normalized spacial score (nSPS) is 30.2. The summed E-state index contributed by atoms with van der Waals surface area (Å²) in [5.41, 5.74) is 6.75. The van der Waals surface area contributed by atoms with Crippen LogP contribution in [0.2, 0.25) is 0 Å². The van der Waals surface area contributed by atoms with Crippen LogP contribution in [0.15, 0.2) is 29.0 Å². The third-order valence-electron chi connectivity index (χ3n) is 8.45. The van der Waals surface area contributed by atoms with Gasteiger partial charge in [0.05, 0.1) is 35.4 Å². The molecule has 1 saturated carbocycles. The summed E-state index contributed by atoms with van der Waals surface area (Å²) in [5, 5.41) is 59.4. The number of aliphatic hydroxyl groups is 4. The zero-order valence-electron chi connectivity index (χ0n) is 23.4. The molecule has 222 valence electrons. The molecule has 0 radical (unpaired) electrons. The molecule has 7 atom stereocenters. The minimum atomic E-state index is -3.01. The Labute approximate surface area is 236 Å². The number of fused-ring (bicyclic) bond motifs is 3. The first-order chi connectivity index (χ1) is 19.0. The van der Waals surface area contributed by atoms with Crippen LogP contribution in [0.4, 0.5) is 5.69 Å². The molecule has 13 heteroatoms. The van der Waals surface area contributed by atoms with Crippen LogP contribution in [0.3, 0.4) is 0 Å². The predicted octanol–water partition coefficient (Wildman–Crippen LogP) is -0.192. The third-order valence-corrected chi connectivity index (χ3v) is 8.45. The monoisotopic (exact) mass is 572 g/mol. The van der Waals surface area contributed by atoms with E-state index in [0.29, 0.717) is 12.0 Å². The van der Waals surface area contributed by atoms with Gasteiger partial charge < -0.3 is 42.3 Å². The highest BCUT2D eigenvalue weighted by Gasteiger charge is 2.68. The molecule has 3 aliphatic rings. The number of aromatic hydroxyl groups is 1. The average Bonchev–Trinajstić information content (AvgIpc) is 2.86. The summed E-state index contributed by atoms with van der Waals surface area (Å²) in [4.78, 5) is 53.3. The Kier molecular flexibility index (Phi) is 7.54. The molecule has 2 amide bonds. The highest BCUT2D eigenvalue weighted by atomic mass is 16.4. The van der Waals surface area contributed by atoms with E-state index in [1.54, 1.807) is 6.92 Å². The van der Waals surface area contributed by atoms with Crippen molar-refractivity contribution in [3.05, 3.63) is 40.2 Å². The van der Waals surface area contributed by atoms with Gasteiger partial charge in [0.25, 0.3) is 5.91 Å². The first kappa shape index (κ1) is 30.2. The number of nitrogens with zero attached hydrogens (tertiary/aromatic N) is 1. The fourth-order valence-corrected chi connectivity index (χ4v) is 6.56.